The maximum Gasteiger partial charge on any atom is 0.119 e. The molecule has 1 aromatic heterocycles. The summed E-state index contributed by atoms with van der Waals surface area (Å²) in [6.45, 7) is 5.38. The lowest BCUT2D eigenvalue weighted by molar-refractivity contribution is 0.133. The molecule has 0 aromatic carbocycles. The van der Waals surface area contributed by atoms with E-state index in [0.29, 0.717) is 6.61 Å². The van der Waals surface area contributed by atoms with Gasteiger partial charge in [-0.1, -0.05) is 6.92 Å². The van der Waals surface area contributed by atoms with Crippen molar-refractivity contribution in [1.29, 1.82) is 0 Å². The van der Waals surface area contributed by atoms with Gasteiger partial charge in [-0.2, -0.15) is 0 Å². The Morgan fingerprint density at radius 3 is 3.00 bits per heavy atom. The Balaban J connectivity index is 2.53. The third-order valence-electron chi connectivity index (χ3n) is 1.82. The molecule has 0 saturated carbocycles. The minimum absolute atomic E-state index is 0.0756. The highest BCUT2D eigenvalue weighted by atomic mass is 32.1. The van der Waals surface area contributed by atoms with E-state index < -0.39 is 0 Å². The Kier molecular flexibility index (Phi) is 4.35. The number of hydrogen-bond acceptors (Lipinski definition) is 4. The first kappa shape index (κ1) is 10.6. The van der Waals surface area contributed by atoms with E-state index in [1.807, 2.05) is 12.3 Å². The van der Waals surface area contributed by atoms with E-state index in [1.54, 1.807) is 11.3 Å². The van der Waals surface area contributed by atoms with Crippen molar-refractivity contribution in [3.8, 4) is 0 Å². The summed E-state index contributed by atoms with van der Waals surface area (Å²) in [7, 11) is 0. The van der Waals surface area contributed by atoms with Crippen molar-refractivity contribution in [2.24, 2.45) is 5.73 Å². The van der Waals surface area contributed by atoms with Crippen LogP contribution < -0.4 is 5.73 Å². The summed E-state index contributed by atoms with van der Waals surface area (Å²) in [4.78, 5) is 4.39. The van der Waals surface area contributed by atoms with Crippen LogP contribution in [0.25, 0.3) is 0 Å². The van der Waals surface area contributed by atoms with Crippen LogP contribution in [-0.4, -0.2) is 11.6 Å². The highest BCUT2D eigenvalue weighted by Gasteiger charge is 2.07. The lowest BCUT2D eigenvalue weighted by Gasteiger charge is -2.02. The van der Waals surface area contributed by atoms with Crippen molar-refractivity contribution in [2.45, 2.75) is 32.9 Å². The number of rotatable bonds is 5. The van der Waals surface area contributed by atoms with Crippen LogP contribution in [0.2, 0.25) is 0 Å². The van der Waals surface area contributed by atoms with Gasteiger partial charge in [-0.25, -0.2) is 4.98 Å². The lowest BCUT2D eigenvalue weighted by atomic mass is 10.2. The molecular weight excluding hydrogens is 184 g/mol. The van der Waals surface area contributed by atoms with Gasteiger partial charge in [0.2, 0.25) is 0 Å². The fourth-order valence-electron chi connectivity index (χ4n) is 0.960. The molecule has 3 nitrogen and oxygen atoms in total. The van der Waals surface area contributed by atoms with Crippen molar-refractivity contribution in [3.05, 3.63) is 16.1 Å². The van der Waals surface area contributed by atoms with Gasteiger partial charge in [0.1, 0.15) is 5.01 Å². The molecule has 13 heavy (non-hydrogen) atoms. The van der Waals surface area contributed by atoms with Gasteiger partial charge in [0.05, 0.1) is 12.3 Å². The zero-order valence-corrected chi connectivity index (χ0v) is 8.93. The van der Waals surface area contributed by atoms with Crippen molar-refractivity contribution in [3.63, 3.8) is 0 Å². The normalized spacial score (nSPS) is 13.2. The third-order valence-corrected chi connectivity index (χ3v) is 2.66. The molecule has 1 heterocycles. The Labute approximate surface area is 82.9 Å². The minimum atomic E-state index is 0.0756. The molecule has 1 atom stereocenters. The molecule has 0 amide bonds. The average molecular weight is 200 g/mol. The second kappa shape index (κ2) is 5.32. The molecular formula is C9H16N2OS. The second-order valence-electron chi connectivity index (χ2n) is 2.82. The van der Waals surface area contributed by atoms with Crippen LogP contribution in [0, 0.1) is 0 Å². The van der Waals surface area contributed by atoms with E-state index in [4.69, 9.17) is 10.5 Å². The quantitative estimate of drug-likeness (QED) is 0.791. The summed E-state index contributed by atoms with van der Waals surface area (Å²) < 4.78 is 5.25. The van der Waals surface area contributed by atoms with E-state index >= 15 is 0 Å². The van der Waals surface area contributed by atoms with Crippen molar-refractivity contribution >= 4 is 11.3 Å². The standard InChI is InChI=1S/C9H16N2OS/c1-3-7(10)8-6-13-9(11-8)5-12-4-2/h6-7H,3-5,10H2,1-2H3. The molecule has 0 aliphatic carbocycles. The minimum Gasteiger partial charge on any atom is -0.375 e. The maximum atomic E-state index is 5.84. The molecule has 0 radical (unpaired) electrons. The molecule has 1 unspecified atom stereocenters. The summed E-state index contributed by atoms with van der Waals surface area (Å²) in [6.07, 6.45) is 0.928. The largest absolute Gasteiger partial charge is 0.375 e. The first-order valence-corrected chi connectivity index (χ1v) is 5.43. The highest BCUT2D eigenvalue weighted by molar-refractivity contribution is 7.09. The van der Waals surface area contributed by atoms with Crippen molar-refractivity contribution in [1.82, 2.24) is 4.98 Å². The lowest BCUT2D eigenvalue weighted by Crippen LogP contribution is -2.09. The number of nitrogens with two attached hydrogens (primary N) is 1. The van der Waals surface area contributed by atoms with E-state index in [1.165, 1.54) is 0 Å². The van der Waals surface area contributed by atoms with Gasteiger partial charge in [-0.05, 0) is 13.3 Å². The molecule has 74 valence electrons. The third kappa shape index (κ3) is 3.06. The molecule has 0 saturated heterocycles. The molecule has 0 aliphatic rings. The number of nitrogens with zero attached hydrogens (tertiary/aromatic N) is 1. The number of thiazole rings is 1. The first-order valence-electron chi connectivity index (χ1n) is 4.55. The summed E-state index contributed by atoms with van der Waals surface area (Å²) in [5.41, 5.74) is 6.83. The Morgan fingerprint density at radius 1 is 1.62 bits per heavy atom. The van der Waals surface area contributed by atoms with Crippen LogP contribution in [0.1, 0.15) is 37.0 Å². The SMILES string of the molecule is CCOCc1nc(C(N)CC)cs1. The van der Waals surface area contributed by atoms with E-state index in [-0.39, 0.29) is 6.04 Å². The van der Waals surface area contributed by atoms with Gasteiger partial charge in [0, 0.05) is 18.0 Å². The zero-order chi connectivity index (χ0) is 9.68. The maximum absolute atomic E-state index is 5.84. The van der Waals surface area contributed by atoms with Crippen molar-refractivity contribution in [2.75, 3.05) is 6.61 Å². The summed E-state index contributed by atoms with van der Waals surface area (Å²) in [5, 5.41) is 3.03. The molecule has 2 N–H and O–H groups in total. The van der Waals surface area contributed by atoms with Gasteiger partial charge in [0.25, 0.3) is 0 Å². The molecule has 0 spiro atoms. The number of aromatic nitrogens is 1. The molecule has 0 aliphatic heterocycles. The Morgan fingerprint density at radius 2 is 2.38 bits per heavy atom. The molecule has 0 fully saturated rings. The van der Waals surface area contributed by atoms with Crippen LogP contribution in [0.5, 0.6) is 0 Å². The van der Waals surface area contributed by atoms with Gasteiger partial charge in [-0.3, -0.25) is 0 Å². The van der Waals surface area contributed by atoms with Gasteiger partial charge >= 0.3 is 0 Å². The monoisotopic (exact) mass is 200 g/mol. The van der Waals surface area contributed by atoms with E-state index in [0.717, 1.165) is 23.7 Å². The fourth-order valence-corrected chi connectivity index (χ4v) is 1.75. The zero-order valence-electron chi connectivity index (χ0n) is 8.12. The predicted octanol–water partition coefficient (Wildman–Crippen LogP) is 2.09. The van der Waals surface area contributed by atoms with Crippen LogP contribution in [0.4, 0.5) is 0 Å². The summed E-state index contributed by atoms with van der Waals surface area (Å²) >= 11 is 1.62. The van der Waals surface area contributed by atoms with Crippen LogP contribution in [0.15, 0.2) is 5.38 Å². The second-order valence-corrected chi connectivity index (χ2v) is 3.76. The Bertz CT molecular complexity index is 250. The topological polar surface area (TPSA) is 48.1 Å². The van der Waals surface area contributed by atoms with Crippen LogP contribution >= 0.6 is 11.3 Å². The van der Waals surface area contributed by atoms with Crippen LogP contribution in [-0.2, 0) is 11.3 Å². The van der Waals surface area contributed by atoms with Crippen molar-refractivity contribution < 1.29 is 4.74 Å². The van der Waals surface area contributed by atoms with Gasteiger partial charge in [-0.15, -0.1) is 11.3 Å². The number of ether oxygens (including phenoxy) is 1. The Hall–Kier alpha value is -0.450. The van der Waals surface area contributed by atoms with Gasteiger partial charge in [0.15, 0.2) is 0 Å². The molecule has 1 rings (SSSR count). The summed E-state index contributed by atoms with van der Waals surface area (Å²) in [5.74, 6) is 0. The smallest absolute Gasteiger partial charge is 0.119 e. The molecule has 0 bridgehead atoms. The first-order chi connectivity index (χ1) is 6.27. The fraction of sp³-hybridized carbons (Fsp3) is 0.667. The van der Waals surface area contributed by atoms with E-state index in [9.17, 15) is 0 Å². The van der Waals surface area contributed by atoms with E-state index in [2.05, 4.69) is 11.9 Å². The van der Waals surface area contributed by atoms with Crippen LogP contribution in [0.3, 0.4) is 0 Å². The molecule has 1 aromatic rings. The number of hydrogen-bond donors (Lipinski definition) is 1. The average Bonchev–Trinajstić information content (AvgIpc) is 2.62. The highest BCUT2D eigenvalue weighted by Crippen LogP contribution is 2.17. The summed E-state index contributed by atoms with van der Waals surface area (Å²) in [6, 6.07) is 0.0756. The van der Waals surface area contributed by atoms with Gasteiger partial charge < -0.3 is 10.5 Å². The predicted molar refractivity (Wildman–Crippen MR) is 54.7 cm³/mol. The molecule has 4 heteroatoms.